The fraction of sp³-hybridized carbons (Fsp3) is 0.455. The van der Waals surface area contributed by atoms with Crippen molar-refractivity contribution in [1.29, 1.82) is 5.26 Å². The van der Waals surface area contributed by atoms with Crippen LogP contribution in [0.1, 0.15) is 78.8 Å². The first-order valence-corrected chi connectivity index (χ1v) is 19.5. The van der Waals surface area contributed by atoms with Gasteiger partial charge in [-0.25, -0.2) is 0 Å². The fourth-order valence-electron chi connectivity index (χ4n) is 7.56. The van der Waals surface area contributed by atoms with Gasteiger partial charge in [-0.15, -0.1) is 0 Å². The molecule has 53 heavy (non-hydrogen) atoms. The number of aromatic nitrogens is 1. The third-order valence-corrected chi connectivity index (χ3v) is 11.3. The summed E-state index contributed by atoms with van der Waals surface area (Å²) in [5.41, 5.74) is 7.97. The van der Waals surface area contributed by atoms with Crippen LogP contribution in [0.25, 0.3) is 11.1 Å². The molecule has 3 heterocycles. The Morgan fingerprint density at radius 2 is 1.62 bits per heavy atom. The highest BCUT2D eigenvalue weighted by Gasteiger charge is 2.22. The number of ether oxygens (including phenoxy) is 3. The number of rotatable bonds is 15. The van der Waals surface area contributed by atoms with Gasteiger partial charge in [-0.1, -0.05) is 48.4 Å². The Morgan fingerprint density at radius 3 is 2.40 bits per heavy atom. The van der Waals surface area contributed by atoms with E-state index in [4.69, 9.17) is 25.8 Å². The number of halogens is 1. The van der Waals surface area contributed by atoms with Crippen LogP contribution in [0.4, 0.5) is 0 Å². The van der Waals surface area contributed by atoms with E-state index in [1.807, 2.05) is 12.1 Å². The molecule has 0 aliphatic carbocycles. The molecule has 2 aliphatic heterocycles. The van der Waals surface area contributed by atoms with Crippen molar-refractivity contribution >= 4 is 11.6 Å². The zero-order valence-corrected chi connectivity index (χ0v) is 32.2. The van der Waals surface area contributed by atoms with Crippen LogP contribution < -0.4 is 14.2 Å². The number of hydrogen-bond donors (Lipinski definition) is 1. The molecule has 0 amide bonds. The molecule has 1 atom stereocenters. The minimum atomic E-state index is 0.277. The Hall–Kier alpha value is -4.13. The van der Waals surface area contributed by atoms with E-state index >= 15 is 0 Å². The van der Waals surface area contributed by atoms with Gasteiger partial charge in [-0.2, -0.15) is 5.26 Å². The summed E-state index contributed by atoms with van der Waals surface area (Å²) in [6.45, 7) is 13.1. The summed E-state index contributed by atoms with van der Waals surface area (Å²) in [5.74, 6) is 2.65. The number of pyridine rings is 1. The predicted molar refractivity (Wildman–Crippen MR) is 211 cm³/mol. The average molecular weight is 737 g/mol. The van der Waals surface area contributed by atoms with Crippen LogP contribution in [-0.4, -0.2) is 65.3 Å². The number of aliphatic hydroxyl groups is 1. The highest BCUT2D eigenvalue weighted by Crippen LogP contribution is 2.37. The molecule has 0 radical (unpaired) electrons. The third-order valence-electron chi connectivity index (χ3n) is 11.0. The van der Waals surface area contributed by atoms with Crippen LogP contribution >= 0.6 is 11.6 Å². The fourth-order valence-corrected chi connectivity index (χ4v) is 7.80. The van der Waals surface area contributed by atoms with Crippen molar-refractivity contribution in [3.63, 3.8) is 0 Å². The molecule has 3 aromatic carbocycles. The molecule has 2 aliphatic rings. The molecule has 1 aromatic heterocycles. The maximum Gasteiger partial charge on any atom is 0.142 e. The van der Waals surface area contributed by atoms with Gasteiger partial charge in [0.05, 0.1) is 17.2 Å². The Kier molecular flexibility index (Phi) is 13.7. The highest BCUT2D eigenvalue weighted by molar-refractivity contribution is 6.32. The largest absolute Gasteiger partial charge is 0.493 e. The van der Waals surface area contributed by atoms with E-state index in [1.54, 1.807) is 18.5 Å². The summed E-state index contributed by atoms with van der Waals surface area (Å²) in [6, 6.07) is 21.0. The molecule has 8 nitrogen and oxygen atoms in total. The topological polar surface area (TPSA) is 91.1 Å². The van der Waals surface area contributed by atoms with Crippen molar-refractivity contribution in [3.8, 4) is 34.4 Å². The number of hydrogen-bond acceptors (Lipinski definition) is 8. The molecule has 0 spiro atoms. The molecular formula is C44H53ClN4O4. The van der Waals surface area contributed by atoms with E-state index in [-0.39, 0.29) is 6.61 Å². The lowest BCUT2D eigenvalue weighted by Crippen LogP contribution is -2.36. The number of benzene rings is 3. The number of piperidine rings is 2. The second-order valence-corrected chi connectivity index (χ2v) is 15.1. The lowest BCUT2D eigenvalue weighted by Gasteiger charge is -2.33. The lowest BCUT2D eigenvalue weighted by atomic mass is 9.93. The van der Waals surface area contributed by atoms with Crippen molar-refractivity contribution in [1.82, 2.24) is 14.8 Å². The van der Waals surface area contributed by atoms with Crippen molar-refractivity contribution in [3.05, 3.63) is 105 Å². The standard InChI is InChI=1S/C44H53ClN4O4/c1-31-9-4-5-17-49(31)27-38-22-41(45)44(23-43(38)52-29-36-21-35(24-46)25-47-26-36)53-30-37-10-6-11-39(32(37)2)40-12-7-13-42(33(40)3)51-20-8-16-48-18-14-34(28-50)15-19-48/h6-7,10-13,21-23,25-26,31,34,50H,4-5,8-9,14-20,27-30H2,1-3H3/t31-/m1/s1. The molecule has 280 valence electrons. The maximum absolute atomic E-state index is 9.43. The van der Waals surface area contributed by atoms with Crippen LogP contribution in [-0.2, 0) is 19.8 Å². The molecule has 2 fully saturated rings. The number of likely N-dealkylation sites (tertiary alicyclic amines) is 2. The third kappa shape index (κ3) is 10.1. The summed E-state index contributed by atoms with van der Waals surface area (Å²) >= 11 is 6.92. The molecule has 0 saturated carbocycles. The van der Waals surface area contributed by atoms with Crippen LogP contribution in [0.2, 0.25) is 5.02 Å². The van der Waals surface area contributed by atoms with E-state index in [0.717, 1.165) is 96.7 Å². The number of nitriles is 1. The molecule has 6 rings (SSSR count). The summed E-state index contributed by atoms with van der Waals surface area (Å²) in [4.78, 5) is 9.17. The Balaban J connectivity index is 1.14. The van der Waals surface area contributed by atoms with Crippen LogP contribution in [0.15, 0.2) is 67.0 Å². The Labute approximate surface area is 320 Å². The Morgan fingerprint density at radius 1 is 0.849 bits per heavy atom. The van der Waals surface area contributed by atoms with Gasteiger partial charge in [0.25, 0.3) is 0 Å². The summed E-state index contributed by atoms with van der Waals surface area (Å²) in [6.07, 6.45) is 10.0. The quantitative estimate of drug-likeness (QED) is 0.121. The molecule has 4 aromatic rings. The summed E-state index contributed by atoms with van der Waals surface area (Å²) in [7, 11) is 0. The molecule has 0 unspecified atom stereocenters. The van der Waals surface area contributed by atoms with E-state index in [1.165, 1.54) is 19.3 Å². The number of aliphatic hydroxyl groups excluding tert-OH is 1. The monoisotopic (exact) mass is 736 g/mol. The average Bonchev–Trinajstić information content (AvgIpc) is 3.18. The van der Waals surface area contributed by atoms with Gasteiger partial charge >= 0.3 is 0 Å². The first-order chi connectivity index (χ1) is 25.8. The lowest BCUT2D eigenvalue weighted by molar-refractivity contribution is 0.126. The first-order valence-electron chi connectivity index (χ1n) is 19.1. The van der Waals surface area contributed by atoms with Gasteiger partial charge in [0.2, 0.25) is 0 Å². The van der Waals surface area contributed by atoms with Crippen molar-refractivity contribution in [2.75, 3.05) is 39.4 Å². The van der Waals surface area contributed by atoms with Gasteiger partial charge in [0.1, 0.15) is 36.5 Å². The van der Waals surface area contributed by atoms with Gasteiger partial charge in [0.15, 0.2) is 0 Å². The molecule has 2 saturated heterocycles. The minimum absolute atomic E-state index is 0.277. The smallest absolute Gasteiger partial charge is 0.142 e. The zero-order chi connectivity index (χ0) is 37.2. The maximum atomic E-state index is 9.43. The zero-order valence-electron chi connectivity index (χ0n) is 31.5. The van der Waals surface area contributed by atoms with Gasteiger partial charge in [-0.05, 0) is 124 Å². The highest BCUT2D eigenvalue weighted by atomic mass is 35.5. The van der Waals surface area contributed by atoms with E-state index in [9.17, 15) is 10.4 Å². The van der Waals surface area contributed by atoms with Gasteiger partial charge in [-0.3, -0.25) is 9.88 Å². The predicted octanol–water partition coefficient (Wildman–Crippen LogP) is 8.90. The van der Waals surface area contributed by atoms with Crippen LogP contribution in [0, 0.1) is 31.1 Å². The van der Waals surface area contributed by atoms with Crippen molar-refractivity contribution < 1.29 is 19.3 Å². The second kappa shape index (κ2) is 18.8. The molecule has 0 bridgehead atoms. The Bertz CT molecular complexity index is 1870. The van der Waals surface area contributed by atoms with Crippen LogP contribution in [0.3, 0.4) is 0 Å². The van der Waals surface area contributed by atoms with Crippen LogP contribution in [0.5, 0.6) is 17.2 Å². The van der Waals surface area contributed by atoms with E-state index < -0.39 is 0 Å². The van der Waals surface area contributed by atoms with Gasteiger partial charge < -0.3 is 24.2 Å². The SMILES string of the molecule is Cc1c(COc2cc(OCc3cncc(C#N)c3)c(CN3CCCC[C@H]3C)cc2Cl)cccc1-c1cccc(OCCCN2CCC(CO)CC2)c1C. The molecule has 1 N–H and O–H groups in total. The molecular weight excluding hydrogens is 684 g/mol. The molecule has 9 heteroatoms. The minimum Gasteiger partial charge on any atom is -0.493 e. The summed E-state index contributed by atoms with van der Waals surface area (Å²) < 4.78 is 19.2. The van der Waals surface area contributed by atoms with Gasteiger partial charge in [0, 0.05) is 55.3 Å². The van der Waals surface area contributed by atoms with Crippen molar-refractivity contribution in [2.24, 2.45) is 5.92 Å². The normalized spacial score (nSPS) is 17.0. The van der Waals surface area contributed by atoms with E-state index in [0.29, 0.717) is 53.9 Å². The second-order valence-electron chi connectivity index (χ2n) is 14.7. The van der Waals surface area contributed by atoms with Crippen molar-refractivity contribution in [2.45, 2.75) is 85.1 Å². The van der Waals surface area contributed by atoms with E-state index in [2.05, 4.69) is 78.0 Å². The summed E-state index contributed by atoms with van der Waals surface area (Å²) in [5, 5.41) is 19.3. The number of nitrogens with zero attached hydrogens (tertiary/aromatic N) is 4. The first kappa shape index (κ1) is 38.6.